The van der Waals surface area contributed by atoms with E-state index in [2.05, 4.69) is 31.7 Å². The largest absolute Gasteiger partial charge is 0.462 e. The third kappa shape index (κ3) is 3.65. The lowest BCUT2D eigenvalue weighted by Gasteiger charge is -2.50. The minimum absolute atomic E-state index is 0.0507. The topological polar surface area (TPSA) is 30.7 Å². The molecule has 1 saturated heterocycles. The predicted octanol–water partition coefficient (Wildman–Crippen LogP) is 4.33. The molecule has 3 fully saturated rings. The van der Waals surface area contributed by atoms with Crippen LogP contribution in [0.3, 0.4) is 0 Å². The minimum Gasteiger partial charge on any atom is -0.462 e. The van der Waals surface area contributed by atoms with E-state index in [0.29, 0.717) is 11.8 Å². The summed E-state index contributed by atoms with van der Waals surface area (Å²) in [5.41, 5.74) is 4.36. The second-order valence-corrected chi connectivity index (χ2v) is 10.7. The van der Waals surface area contributed by atoms with Crippen LogP contribution in [0, 0.1) is 23.2 Å². The summed E-state index contributed by atoms with van der Waals surface area (Å²) in [5.74, 6) is 1.05. The van der Waals surface area contributed by atoms with Crippen LogP contribution in [-0.2, 0) is 9.53 Å². The van der Waals surface area contributed by atoms with Gasteiger partial charge in [-0.1, -0.05) is 42.8 Å². The first kappa shape index (κ1) is 20.3. The third-order valence-corrected chi connectivity index (χ3v) is 8.68. The first-order valence-electron chi connectivity index (χ1n) is 11.6. The molecular formula is C26H33ClNO2+. The van der Waals surface area contributed by atoms with Crippen molar-refractivity contribution in [3.63, 3.8) is 0 Å². The van der Waals surface area contributed by atoms with E-state index in [9.17, 15) is 4.79 Å². The molecule has 0 bridgehead atoms. The van der Waals surface area contributed by atoms with Crippen LogP contribution in [0.15, 0.2) is 42.5 Å². The quantitative estimate of drug-likeness (QED) is 0.576. The number of nitrogens with one attached hydrogen (secondary N) is 1. The van der Waals surface area contributed by atoms with Crippen LogP contribution in [0.25, 0.3) is 5.57 Å². The van der Waals surface area contributed by atoms with Crippen molar-refractivity contribution in [2.45, 2.75) is 51.6 Å². The molecule has 1 aromatic rings. The van der Waals surface area contributed by atoms with Crippen LogP contribution in [0.1, 0.15) is 51.0 Å². The molecule has 30 heavy (non-hydrogen) atoms. The number of benzene rings is 1. The lowest BCUT2D eigenvalue weighted by molar-refractivity contribution is -0.897. The van der Waals surface area contributed by atoms with Gasteiger partial charge in [0.25, 0.3) is 0 Å². The van der Waals surface area contributed by atoms with Gasteiger partial charge in [0.2, 0.25) is 0 Å². The molecule has 0 radical (unpaired) electrons. The number of hydrogen-bond acceptors (Lipinski definition) is 2. The summed E-state index contributed by atoms with van der Waals surface area (Å²) >= 11 is 6.03. The molecule has 2 heterocycles. The van der Waals surface area contributed by atoms with Crippen molar-refractivity contribution in [2.24, 2.45) is 23.2 Å². The molecule has 2 aliphatic heterocycles. The van der Waals surface area contributed by atoms with Crippen molar-refractivity contribution in [3.05, 3.63) is 53.1 Å². The summed E-state index contributed by atoms with van der Waals surface area (Å²) < 4.78 is 5.96. The molecule has 4 aliphatic rings. The summed E-state index contributed by atoms with van der Waals surface area (Å²) in [6, 6.07) is 8.13. The van der Waals surface area contributed by atoms with Crippen molar-refractivity contribution >= 4 is 23.1 Å². The average molecular weight is 427 g/mol. The first-order valence-corrected chi connectivity index (χ1v) is 12.0. The Morgan fingerprint density at radius 2 is 2.07 bits per heavy atom. The highest BCUT2D eigenvalue weighted by atomic mass is 35.5. The molecule has 0 aromatic heterocycles. The number of carbonyl (C=O) groups is 1. The van der Waals surface area contributed by atoms with Crippen LogP contribution in [-0.4, -0.2) is 31.7 Å². The van der Waals surface area contributed by atoms with E-state index in [4.69, 9.17) is 16.3 Å². The maximum Gasteiger partial charge on any atom is 0.315 e. The van der Waals surface area contributed by atoms with E-state index in [-0.39, 0.29) is 23.4 Å². The maximum atomic E-state index is 12.8. The molecule has 1 aromatic carbocycles. The highest BCUT2D eigenvalue weighted by Crippen LogP contribution is 2.56. The molecule has 0 amide bonds. The number of ether oxygens (including phenoxy) is 1. The third-order valence-electron chi connectivity index (χ3n) is 8.43. The number of hydrogen-bond donors (Lipinski definition) is 1. The highest BCUT2D eigenvalue weighted by Gasteiger charge is 2.56. The Labute approximate surface area is 185 Å². The number of carbonyl (C=O) groups excluding carboxylic acids is 1. The van der Waals surface area contributed by atoms with Gasteiger partial charge in [-0.25, -0.2) is 0 Å². The number of fused-ring (bicyclic) bond motifs is 2. The van der Waals surface area contributed by atoms with E-state index < -0.39 is 0 Å². The molecule has 6 atom stereocenters. The summed E-state index contributed by atoms with van der Waals surface area (Å²) in [7, 11) is 0. The Balaban J connectivity index is 1.26. The molecule has 2 saturated carbocycles. The molecule has 4 heteroatoms. The van der Waals surface area contributed by atoms with E-state index in [1.165, 1.54) is 34.5 Å². The van der Waals surface area contributed by atoms with Crippen molar-refractivity contribution < 1.29 is 14.4 Å². The van der Waals surface area contributed by atoms with Gasteiger partial charge in [0.05, 0.1) is 19.6 Å². The monoisotopic (exact) mass is 426 g/mol. The van der Waals surface area contributed by atoms with Gasteiger partial charge in [0.15, 0.2) is 0 Å². The number of halogens is 1. The summed E-state index contributed by atoms with van der Waals surface area (Å²) in [4.78, 5) is 14.3. The number of quaternary nitrogens is 1. The Kier molecular flexibility index (Phi) is 5.31. The highest BCUT2D eigenvalue weighted by molar-refractivity contribution is 6.30. The fourth-order valence-electron chi connectivity index (χ4n) is 6.70. The van der Waals surface area contributed by atoms with Crippen LogP contribution in [0.2, 0.25) is 5.02 Å². The van der Waals surface area contributed by atoms with Gasteiger partial charge >= 0.3 is 5.97 Å². The van der Waals surface area contributed by atoms with Crippen LogP contribution >= 0.6 is 11.6 Å². The zero-order valence-corrected chi connectivity index (χ0v) is 18.7. The van der Waals surface area contributed by atoms with Gasteiger partial charge in [-0.2, -0.15) is 0 Å². The van der Waals surface area contributed by atoms with Gasteiger partial charge in [0.1, 0.15) is 12.0 Å². The fraction of sp³-hybridized carbons (Fsp3) is 0.577. The zero-order chi connectivity index (χ0) is 20.9. The van der Waals surface area contributed by atoms with Crippen LogP contribution in [0.4, 0.5) is 0 Å². The number of rotatable bonds is 3. The Morgan fingerprint density at radius 3 is 2.80 bits per heavy atom. The van der Waals surface area contributed by atoms with E-state index >= 15 is 0 Å². The SMILES string of the molecule is C=C1CCC[C@]2(C)C[C@H]3OC(=O)[C@H](C[NH+]4CC=C(c5ccc(Cl)cc5)CC4)[C@H]3C[C@H]12. The maximum absolute atomic E-state index is 12.8. The molecule has 3 nitrogen and oxygen atoms in total. The summed E-state index contributed by atoms with van der Waals surface area (Å²) in [6.07, 6.45) is 9.28. The van der Waals surface area contributed by atoms with E-state index in [1.54, 1.807) is 0 Å². The van der Waals surface area contributed by atoms with Crippen LogP contribution < -0.4 is 4.90 Å². The molecule has 1 N–H and O–H groups in total. The minimum atomic E-state index is 0.0507. The lowest BCUT2D eigenvalue weighted by Crippen LogP contribution is -3.13. The van der Waals surface area contributed by atoms with Crippen molar-refractivity contribution in [1.82, 2.24) is 0 Å². The fourth-order valence-corrected chi connectivity index (χ4v) is 6.82. The zero-order valence-electron chi connectivity index (χ0n) is 18.0. The molecule has 0 spiro atoms. The predicted molar refractivity (Wildman–Crippen MR) is 120 cm³/mol. The molecule has 160 valence electrons. The van der Waals surface area contributed by atoms with Crippen molar-refractivity contribution in [3.8, 4) is 0 Å². The molecule has 2 aliphatic carbocycles. The van der Waals surface area contributed by atoms with Crippen molar-refractivity contribution in [1.29, 1.82) is 0 Å². The van der Waals surface area contributed by atoms with Crippen molar-refractivity contribution in [2.75, 3.05) is 19.6 Å². The Morgan fingerprint density at radius 1 is 1.27 bits per heavy atom. The Bertz CT molecular complexity index is 876. The van der Waals surface area contributed by atoms with Gasteiger partial charge in [-0.15, -0.1) is 0 Å². The smallest absolute Gasteiger partial charge is 0.315 e. The standard InChI is InChI=1S/C26H32ClNO2/c1-17-4-3-11-26(2)15-24-21(14-23(17)26)22(25(29)30-24)16-28-12-9-19(10-13-28)18-5-7-20(27)8-6-18/h5-9,21-24H,1,3-4,10-16H2,2H3/p+1/t21-,22-,23-,24-,26-/m1/s1. The molecular weight excluding hydrogens is 394 g/mol. The second-order valence-electron chi connectivity index (χ2n) is 10.3. The number of esters is 1. The summed E-state index contributed by atoms with van der Waals surface area (Å²) in [5, 5.41) is 0.779. The normalized spacial score (nSPS) is 38.5. The second kappa shape index (κ2) is 7.84. The van der Waals surface area contributed by atoms with Gasteiger partial charge in [-0.3, -0.25) is 4.79 Å². The van der Waals surface area contributed by atoms with E-state index in [0.717, 1.165) is 50.3 Å². The Hall–Kier alpha value is -1.58. The summed E-state index contributed by atoms with van der Waals surface area (Å²) in [6.45, 7) is 9.77. The number of allylic oxidation sites excluding steroid dienone is 1. The lowest BCUT2D eigenvalue weighted by atomic mass is 9.55. The molecule has 5 rings (SSSR count). The van der Waals surface area contributed by atoms with Gasteiger partial charge in [0, 0.05) is 17.4 Å². The first-order chi connectivity index (χ1) is 14.4. The van der Waals surface area contributed by atoms with Crippen LogP contribution in [0.5, 0.6) is 0 Å². The molecule has 1 unspecified atom stereocenters. The van der Waals surface area contributed by atoms with E-state index in [1.807, 2.05) is 12.1 Å². The van der Waals surface area contributed by atoms with Gasteiger partial charge in [-0.05, 0) is 72.8 Å². The van der Waals surface area contributed by atoms with Gasteiger partial charge < -0.3 is 9.64 Å². The average Bonchev–Trinajstić information content (AvgIpc) is 3.01.